The number of fused-ring (bicyclic) bond motifs is 1. The maximum atomic E-state index is 12.8. The molecule has 0 spiro atoms. The monoisotopic (exact) mass is 294 g/mol. The zero-order chi connectivity index (χ0) is 15.0. The zero-order valence-electron chi connectivity index (χ0n) is 11.4. The summed E-state index contributed by atoms with van der Waals surface area (Å²) in [6, 6.07) is 3.02. The van der Waals surface area contributed by atoms with Crippen molar-refractivity contribution in [3.63, 3.8) is 0 Å². The van der Waals surface area contributed by atoms with Gasteiger partial charge in [-0.05, 0) is 30.2 Å². The Bertz CT molecular complexity index is 670. The fourth-order valence-corrected chi connectivity index (χ4v) is 2.46. The van der Waals surface area contributed by atoms with Gasteiger partial charge in [0.05, 0.1) is 11.8 Å². The highest BCUT2D eigenvalue weighted by Crippen LogP contribution is 2.31. The molecule has 110 valence electrons. The topological polar surface area (TPSA) is 41.9 Å². The fraction of sp³-hybridized carbons (Fsp3) is 0.357. The Labute approximate surface area is 119 Å². The van der Waals surface area contributed by atoms with Crippen molar-refractivity contribution in [2.24, 2.45) is 0 Å². The summed E-state index contributed by atoms with van der Waals surface area (Å²) in [6.07, 6.45) is -1.27. The van der Waals surface area contributed by atoms with Crippen molar-refractivity contribution in [1.29, 1.82) is 0 Å². The lowest BCUT2D eigenvalue weighted by Gasteiger charge is -2.30. The quantitative estimate of drug-likeness (QED) is 0.811. The first-order valence-corrected chi connectivity index (χ1v) is 6.53. The molecule has 0 radical (unpaired) electrons. The lowest BCUT2D eigenvalue weighted by Crippen LogP contribution is -2.32. The molecule has 0 saturated carbocycles. The molecule has 0 aliphatic carbocycles. The van der Waals surface area contributed by atoms with E-state index in [4.69, 9.17) is 0 Å². The lowest BCUT2D eigenvalue weighted by molar-refractivity contribution is -0.137. The molecule has 2 aromatic heterocycles. The molecule has 21 heavy (non-hydrogen) atoms. The van der Waals surface area contributed by atoms with E-state index in [0.717, 1.165) is 17.5 Å². The summed E-state index contributed by atoms with van der Waals surface area (Å²) in [6.45, 7) is 2.95. The number of hydrogen-bond acceptors (Lipinski definition) is 4. The third-order valence-electron chi connectivity index (χ3n) is 3.56. The highest BCUT2D eigenvalue weighted by Gasteiger charge is 2.32. The standard InChI is InChI=1S/C14H13F3N4/c1-9-2-4-19-20-13(9)21-5-3-12-10(8-21)6-11(7-18-12)14(15,16)17/h2,4,6-7H,3,5,8H2,1H3. The van der Waals surface area contributed by atoms with Gasteiger partial charge in [0.25, 0.3) is 0 Å². The number of pyridine rings is 1. The summed E-state index contributed by atoms with van der Waals surface area (Å²) in [5.74, 6) is 0.709. The summed E-state index contributed by atoms with van der Waals surface area (Å²) in [7, 11) is 0. The van der Waals surface area contributed by atoms with Crippen molar-refractivity contribution in [2.45, 2.75) is 26.1 Å². The molecule has 0 unspecified atom stereocenters. The predicted molar refractivity (Wildman–Crippen MR) is 70.8 cm³/mol. The highest BCUT2D eigenvalue weighted by atomic mass is 19.4. The van der Waals surface area contributed by atoms with Crippen LogP contribution in [0.5, 0.6) is 0 Å². The van der Waals surface area contributed by atoms with E-state index in [2.05, 4.69) is 15.2 Å². The van der Waals surface area contributed by atoms with E-state index in [1.807, 2.05) is 17.9 Å². The fourth-order valence-electron chi connectivity index (χ4n) is 2.46. The van der Waals surface area contributed by atoms with Crippen molar-refractivity contribution in [3.05, 3.63) is 46.9 Å². The van der Waals surface area contributed by atoms with Crippen molar-refractivity contribution in [1.82, 2.24) is 15.2 Å². The molecule has 7 heteroatoms. The van der Waals surface area contributed by atoms with Crippen LogP contribution in [0.25, 0.3) is 0 Å². The van der Waals surface area contributed by atoms with Crippen molar-refractivity contribution in [2.75, 3.05) is 11.4 Å². The summed E-state index contributed by atoms with van der Waals surface area (Å²) in [5.41, 5.74) is 1.56. The van der Waals surface area contributed by atoms with Gasteiger partial charge in [0.1, 0.15) is 0 Å². The van der Waals surface area contributed by atoms with Gasteiger partial charge < -0.3 is 4.90 Å². The van der Waals surface area contributed by atoms with Crippen LogP contribution in [0.15, 0.2) is 24.5 Å². The van der Waals surface area contributed by atoms with Gasteiger partial charge in [-0.3, -0.25) is 4.98 Å². The van der Waals surface area contributed by atoms with E-state index in [0.29, 0.717) is 30.9 Å². The number of anilines is 1. The molecule has 0 fully saturated rings. The SMILES string of the molecule is Cc1ccnnc1N1CCc2ncc(C(F)(F)F)cc2C1. The van der Waals surface area contributed by atoms with Crippen LogP contribution in [0.1, 0.15) is 22.4 Å². The van der Waals surface area contributed by atoms with Gasteiger partial charge >= 0.3 is 6.18 Å². The minimum Gasteiger partial charge on any atom is -0.350 e. The largest absolute Gasteiger partial charge is 0.417 e. The number of aromatic nitrogens is 3. The Morgan fingerprint density at radius 3 is 2.81 bits per heavy atom. The second-order valence-electron chi connectivity index (χ2n) is 5.04. The van der Waals surface area contributed by atoms with Crippen molar-refractivity contribution >= 4 is 5.82 Å². The summed E-state index contributed by atoms with van der Waals surface area (Å²) in [5, 5.41) is 7.93. The van der Waals surface area contributed by atoms with Gasteiger partial charge in [-0.25, -0.2) is 0 Å². The molecule has 0 bridgehead atoms. The normalized spacial score (nSPS) is 15.0. The molecule has 4 nitrogen and oxygen atoms in total. The molecule has 0 atom stereocenters. The van der Waals surface area contributed by atoms with Gasteiger partial charge in [0.15, 0.2) is 5.82 Å². The molecule has 1 aliphatic heterocycles. The van der Waals surface area contributed by atoms with E-state index in [1.54, 1.807) is 6.20 Å². The Hall–Kier alpha value is -2.18. The van der Waals surface area contributed by atoms with Crippen LogP contribution in [-0.4, -0.2) is 21.7 Å². The van der Waals surface area contributed by atoms with Crippen LogP contribution in [0.3, 0.4) is 0 Å². The van der Waals surface area contributed by atoms with Crippen LogP contribution in [0, 0.1) is 6.92 Å². The smallest absolute Gasteiger partial charge is 0.350 e. The third kappa shape index (κ3) is 2.68. The summed E-state index contributed by atoms with van der Waals surface area (Å²) >= 11 is 0. The minimum atomic E-state index is -4.37. The molecular weight excluding hydrogens is 281 g/mol. The van der Waals surface area contributed by atoms with Gasteiger partial charge in [-0.1, -0.05) is 0 Å². The maximum absolute atomic E-state index is 12.8. The number of nitrogens with zero attached hydrogens (tertiary/aromatic N) is 4. The Balaban J connectivity index is 1.93. The van der Waals surface area contributed by atoms with E-state index in [-0.39, 0.29) is 0 Å². The van der Waals surface area contributed by atoms with E-state index < -0.39 is 11.7 Å². The number of rotatable bonds is 1. The first-order valence-electron chi connectivity index (χ1n) is 6.53. The number of aryl methyl sites for hydroxylation is 1. The Morgan fingerprint density at radius 1 is 1.29 bits per heavy atom. The van der Waals surface area contributed by atoms with Crippen LogP contribution >= 0.6 is 0 Å². The molecule has 0 saturated heterocycles. The molecule has 0 N–H and O–H groups in total. The van der Waals surface area contributed by atoms with Crippen LogP contribution in [-0.2, 0) is 19.1 Å². The van der Waals surface area contributed by atoms with E-state index in [1.165, 1.54) is 6.07 Å². The van der Waals surface area contributed by atoms with Gasteiger partial charge in [0.2, 0.25) is 0 Å². The molecule has 3 heterocycles. The molecule has 0 aromatic carbocycles. The van der Waals surface area contributed by atoms with E-state index in [9.17, 15) is 13.2 Å². The van der Waals surface area contributed by atoms with Gasteiger partial charge in [0, 0.05) is 31.4 Å². The molecule has 1 aliphatic rings. The number of hydrogen-bond donors (Lipinski definition) is 0. The molecule has 0 amide bonds. The molecule has 2 aromatic rings. The maximum Gasteiger partial charge on any atom is 0.417 e. The average molecular weight is 294 g/mol. The number of halogens is 3. The lowest BCUT2D eigenvalue weighted by atomic mass is 10.0. The van der Waals surface area contributed by atoms with Gasteiger partial charge in [-0.2, -0.15) is 18.3 Å². The second-order valence-corrected chi connectivity index (χ2v) is 5.04. The zero-order valence-corrected chi connectivity index (χ0v) is 11.4. The third-order valence-corrected chi connectivity index (χ3v) is 3.56. The Morgan fingerprint density at radius 2 is 2.10 bits per heavy atom. The van der Waals surface area contributed by atoms with Crippen molar-refractivity contribution in [3.8, 4) is 0 Å². The summed E-state index contributed by atoms with van der Waals surface area (Å²) in [4.78, 5) is 5.89. The van der Waals surface area contributed by atoms with Crippen LogP contribution in [0.4, 0.5) is 19.0 Å². The number of alkyl halides is 3. The minimum absolute atomic E-state index is 0.367. The first-order chi connectivity index (χ1) is 9.95. The first kappa shape index (κ1) is 13.8. The van der Waals surface area contributed by atoms with Gasteiger partial charge in [-0.15, -0.1) is 5.10 Å². The summed E-state index contributed by atoms with van der Waals surface area (Å²) < 4.78 is 38.3. The Kier molecular flexibility index (Phi) is 3.27. The van der Waals surface area contributed by atoms with Crippen molar-refractivity contribution < 1.29 is 13.2 Å². The average Bonchev–Trinajstić information content (AvgIpc) is 2.45. The van der Waals surface area contributed by atoms with Crippen LogP contribution < -0.4 is 4.90 Å². The highest BCUT2D eigenvalue weighted by molar-refractivity contribution is 5.47. The molecule has 3 rings (SSSR count). The second kappa shape index (κ2) is 4.98. The predicted octanol–water partition coefficient (Wildman–Crippen LogP) is 2.76. The van der Waals surface area contributed by atoms with Crippen LogP contribution in [0.2, 0.25) is 0 Å². The molecular formula is C14H13F3N4. The van der Waals surface area contributed by atoms with E-state index >= 15 is 0 Å².